The van der Waals surface area contributed by atoms with Crippen molar-refractivity contribution in [1.29, 1.82) is 0 Å². The van der Waals surface area contributed by atoms with E-state index >= 15 is 0 Å². The standard InChI is InChI=1S/C39H54O6/c1-34(2)18-20-39(33(43)44)21-19-37(6)26(27(39)22-34)13-14-30-36(5)23-28(32(42)35(3,4)29(36)16-17-38(30,37)7)45-31(41)15-10-24-8-11-25(40)12-9-24/h8-13,15,27-30,32,40,42H,14,16-23H2,1-7H3,(H,43,44)/t27-,28+,29-,30+,32-,36-,37+,38+,39-/m0/s1. The van der Waals surface area contributed by atoms with Gasteiger partial charge in [-0.1, -0.05) is 72.2 Å². The second kappa shape index (κ2) is 10.5. The van der Waals surface area contributed by atoms with Crippen molar-refractivity contribution in [3.63, 3.8) is 0 Å². The minimum atomic E-state index is -0.772. The number of hydrogen-bond donors (Lipinski definition) is 3. The SMILES string of the molecule is CC1(C)CC[C@]2(C(=O)O)CC[C@]3(C)C(=CC[C@@H]4[C@@]5(C)C[C@@H](OC(=O)C=Cc6ccc(O)cc6)[C@H](O)C(C)(C)[C@@H]5CC[C@]43C)[C@@H]2C1. The van der Waals surface area contributed by atoms with E-state index in [0.29, 0.717) is 12.3 Å². The zero-order chi connectivity index (χ0) is 32.8. The van der Waals surface area contributed by atoms with Crippen LogP contribution in [0.2, 0.25) is 0 Å². The predicted octanol–water partition coefficient (Wildman–Crippen LogP) is 8.17. The van der Waals surface area contributed by atoms with Crippen molar-refractivity contribution in [2.45, 2.75) is 118 Å². The van der Waals surface area contributed by atoms with Crippen LogP contribution in [0.3, 0.4) is 0 Å². The Hall–Kier alpha value is -2.60. The zero-order valence-corrected chi connectivity index (χ0v) is 28.4. The molecule has 6 heteroatoms. The molecule has 5 aliphatic rings. The molecule has 0 saturated heterocycles. The summed E-state index contributed by atoms with van der Waals surface area (Å²) in [5.41, 5.74) is 0.921. The van der Waals surface area contributed by atoms with E-state index < -0.39 is 35.0 Å². The first-order valence-corrected chi connectivity index (χ1v) is 17.2. The van der Waals surface area contributed by atoms with Crippen molar-refractivity contribution in [2.24, 2.45) is 50.2 Å². The number of carboxylic acid groups (broad SMARTS) is 1. The molecule has 4 saturated carbocycles. The van der Waals surface area contributed by atoms with Crippen LogP contribution in [0.15, 0.2) is 42.0 Å². The average molecular weight is 619 g/mol. The molecule has 0 aromatic heterocycles. The molecule has 0 radical (unpaired) electrons. The van der Waals surface area contributed by atoms with E-state index in [1.807, 2.05) is 0 Å². The monoisotopic (exact) mass is 618 g/mol. The van der Waals surface area contributed by atoms with Gasteiger partial charge in [0.15, 0.2) is 0 Å². The van der Waals surface area contributed by atoms with Gasteiger partial charge in [0.1, 0.15) is 11.9 Å². The molecule has 9 atom stereocenters. The number of phenols is 1. The largest absolute Gasteiger partial charge is 0.508 e. The number of allylic oxidation sites excluding steroid dienone is 2. The fourth-order valence-corrected chi connectivity index (χ4v) is 11.8. The summed E-state index contributed by atoms with van der Waals surface area (Å²) in [6.07, 6.45) is 12.0. The Labute approximate surface area is 269 Å². The first-order valence-electron chi connectivity index (χ1n) is 17.2. The minimum absolute atomic E-state index is 0.0275. The number of fused-ring (bicyclic) bond motifs is 7. The highest BCUT2D eigenvalue weighted by atomic mass is 16.6. The number of carbonyl (C=O) groups excluding carboxylic acids is 1. The summed E-state index contributed by atoms with van der Waals surface area (Å²) in [5, 5.41) is 31.9. The summed E-state index contributed by atoms with van der Waals surface area (Å²) in [5.74, 6) is -0.249. The Balaban J connectivity index is 1.32. The number of benzene rings is 1. The van der Waals surface area contributed by atoms with Crippen LogP contribution in [-0.2, 0) is 14.3 Å². The maximum absolute atomic E-state index is 13.1. The lowest BCUT2D eigenvalue weighted by atomic mass is 9.33. The summed E-state index contributed by atoms with van der Waals surface area (Å²) in [7, 11) is 0. The number of aromatic hydroxyl groups is 1. The fraction of sp³-hybridized carbons (Fsp3) is 0.692. The molecule has 4 fully saturated rings. The van der Waals surface area contributed by atoms with Crippen LogP contribution in [0.4, 0.5) is 0 Å². The van der Waals surface area contributed by atoms with Gasteiger partial charge in [-0.05, 0) is 126 Å². The summed E-state index contributed by atoms with van der Waals surface area (Å²) < 4.78 is 6.07. The van der Waals surface area contributed by atoms with Crippen LogP contribution >= 0.6 is 0 Å². The minimum Gasteiger partial charge on any atom is -0.508 e. The Kier molecular flexibility index (Phi) is 7.51. The van der Waals surface area contributed by atoms with Crippen LogP contribution in [0.1, 0.15) is 112 Å². The molecule has 3 N–H and O–H groups in total. The molecular formula is C39H54O6. The molecule has 45 heavy (non-hydrogen) atoms. The van der Waals surface area contributed by atoms with Crippen molar-refractivity contribution < 1.29 is 29.6 Å². The van der Waals surface area contributed by atoms with Crippen molar-refractivity contribution in [3.05, 3.63) is 47.6 Å². The number of rotatable bonds is 4. The van der Waals surface area contributed by atoms with Crippen molar-refractivity contribution in [3.8, 4) is 5.75 Å². The third-order valence-electron chi connectivity index (χ3n) is 14.6. The van der Waals surface area contributed by atoms with E-state index in [1.165, 1.54) is 11.6 Å². The van der Waals surface area contributed by atoms with E-state index in [-0.39, 0.29) is 39.2 Å². The lowest BCUT2D eigenvalue weighted by molar-refractivity contribution is -0.237. The van der Waals surface area contributed by atoms with E-state index in [2.05, 4.69) is 54.5 Å². The van der Waals surface area contributed by atoms with E-state index in [9.17, 15) is 24.9 Å². The maximum atomic E-state index is 13.1. The topological polar surface area (TPSA) is 104 Å². The highest BCUT2D eigenvalue weighted by molar-refractivity contribution is 5.87. The van der Waals surface area contributed by atoms with Crippen molar-refractivity contribution in [1.82, 2.24) is 0 Å². The Bertz CT molecular complexity index is 1420. The smallest absolute Gasteiger partial charge is 0.331 e. The number of ether oxygens (including phenoxy) is 1. The highest BCUT2D eigenvalue weighted by Gasteiger charge is 2.70. The molecule has 1 aromatic carbocycles. The average Bonchev–Trinajstić information content (AvgIpc) is 2.95. The summed E-state index contributed by atoms with van der Waals surface area (Å²) in [6, 6.07) is 6.62. The van der Waals surface area contributed by atoms with Gasteiger partial charge in [0.25, 0.3) is 0 Å². The van der Waals surface area contributed by atoms with E-state index in [0.717, 1.165) is 56.9 Å². The normalized spacial score (nSPS) is 43.2. The van der Waals surface area contributed by atoms with Crippen LogP contribution in [-0.4, -0.2) is 39.5 Å². The van der Waals surface area contributed by atoms with Gasteiger partial charge in [0, 0.05) is 6.08 Å². The molecule has 0 unspecified atom stereocenters. The first kappa shape index (κ1) is 32.3. The predicted molar refractivity (Wildman–Crippen MR) is 175 cm³/mol. The second-order valence-corrected chi connectivity index (χ2v) is 17.5. The number of carboxylic acids is 1. The quantitative estimate of drug-likeness (QED) is 0.179. The second-order valence-electron chi connectivity index (χ2n) is 17.5. The van der Waals surface area contributed by atoms with Gasteiger partial charge in [-0.2, -0.15) is 0 Å². The number of phenolic OH excluding ortho intramolecular Hbond substituents is 1. The van der Waals surface area contributed by atoms with E-state index in [1.54, 1.807) is 30.3 Å². The van der Waals surface area contributed by atoms with Crippen LogP contribution in [0, 0.1) is 50.2 Å². The van der Waals surface area contributed by atoms with Gasteiger partial charge in [-0.25, -0.2) is 4.79 Å². The molecule has 5 aliphatic carbocycles. The molecular weight excluding hydrogens is 564 g/mol. The third kappa shape index (κ3) is 4.74. The Morgan fingerprint density at radius 1 is 0.889 bits per heavy atom. The highest BCUT2D eigenvalue weighted by Crippen LogP contribution is 2.75. The van der Waals surface area contributed by atoms with Gasteiger partial charge >= 0.3 is 11.9 Å². The maximum Gasteiger partial charge on any atom is 0.331 e. The van der Waals surface area contributed by atoms with Crippen LogP contribution in [0.5, 0.6) is 5.75 Å². The van der Waals surface area contributed by atoms with Crippen molar-refractivity contribution in [2.75, 3.05) is 0 Å². The molecule has 1 aromatic rings. The first-order chi connectivity index (χ1) is 20.9. The summed E-state index contributed by atoms with van der Waals surface area (Å²) >= 11 is 0. The summed E-state index contributed by atoms with van der Waals surface area (Å²) in [4.78, 5) is 26.1. The third-order valence-corrected chi connectivity index (χ3v) is 14.6. The molecule has 0 bridgehead atoms. The number of aliphatic hydroxyl groups is 1. The number of aliphatic carboxylic acids is 1. The number of hydrogen-bond acceptors (Lipinski definition) is 5. The van der Waals surface area contributed by atoms with Gasteiger partial charge < -0.3 is 20.1 Å². The van der Waals surface area contributed by atoms with Crippen LogP contribution in [0.25, 0.3) is 6.08 Å². The summed E-state index contributed by atoms with van der Waals surface area (Å²) in [6.45, 7) is 16.2. The number of carbonyl (C=O) groups is 2. The lowest BCUT2D eigenvalue weighted by Crippen LogP contribution is -2.67. The molecule has 0 spiro atoms. The molecule has 0 amide bonds. The van der Waals surface area contributed by atoms with Gasteiger partial charge in [0.2, 0.25) is 0 Å². The van der Waals surface area contributed by atoms with Gasteiger partial charge in [-0.3, -0.25) is 4.79 Å². The molecule has 6 rings (SSSR count). The zero-order valence-electron chi connectivity index (χ0n) is 28.4. The van der Waals surface area contributed by atoms with Crippen molar-refractivity contribution >= 4 is 18.0 Å². The lowest BCUT2D eigenvalue weighted by Gasteiger charge is -2.71. The molecule has 246 valence electrons. The molecule has 6 nitrogen and oxygen atoms in total. The Morgan fingerprint density at radius 2 is 1.56 bits per heavy atom. The Morgan fingerprint density at radius 3 is 2.22 bits per heavy atom. The van der Waals surface area contributed by atoms with E-state index in [4.69, 9.17) is 4.74 Å². The number of esters is 1. The van der Waals surface area contributed by atoms with Gasteiger partial charge in [0.05, 0.1) is 11.5 Å². The molecule has 0 heterocycles. The van der Waals surface area contributed by atoms with Gasteiger partial charge in [-0.15, -0.1) is 0 Å². The molecule has 0 aliphatic heterocycles. The fourth-order valence-electron chi connectivity index (χ4n) is 11.8. The number of aliphatic hydroxyl groups excluding tert-OH is 1. The van der Waals surface area contributed by atoms with Crippen LogP contribution < -0.4 is 0 Å².